The number of halogens is 2. The zero-order valence-electron chi connectivity index (χ0n) is 6.52. The lowest BCUT2D eigenvalue weighted by Gasteiger charge is -2.28. The molecule has 0 aliphatic heterocycles. The van der Waals surface area contributed by atoms with Crippen LogP contribution in [-0.4, -0.2) is 10.6 Å². The summed E-state index contributed by atoms with van der Waals surface area (Å²) in [5.74, 6) is 0.405. The molecule has 11 heavy (non-hydrogen) atoms. The van der Waals surface area contributed by atoms with Crippen LogP contribution in [0.1, 0.15) is 26.2 Å². The number of carbonyl (C=O) groups is 1. The molecule has 0 saturated heterocycles. The summed E-state index contributed by atoms with van der Waals surface area (Å²) in [6.07, 6.45) is 2.71. The fourth-order valence-corrected chi connectivity index (χ4v) is 2.40. The van der Waals surface area contributed by atoms with Crippen LogP contribution in [0.4, 0.5) is 0 Å². The van der Waals surface area contributed by atoms with Crippen LogP contribution in [0.2, 0.25) is 0 Å². The van der Waals surface area contributed by atoms with Crippen molar-refractivity contribution < 1.29 is 4.79 Å². The molecular formula is C8H12Cl2O. The third kappa shape index (κ3) is 2.34. The van der Waals surface area contributed by atoms with Crippen LogP contribution in [0.5, 0.6) is 0 Å². The maximum Gasteiger partial charge on any atom is 0.224 e. The fourth-order valence-electron chi connectivity index (χ4n) is 1.67. The number of carbonyl (C=O) groups excluding carboxylic acids is 1. The second-order valence-corrected chi connectivity index (χ2v) is 4.29. The number of rotatable bonds is 1. The highest BCUT2D eigenvalue weighted by atomic mass is 35.5. The minimum atomic E-state index is -0.193. The van der Waals surface area contributed by atoms with E-state index in [1.54, 1.807) is 0 Å². The van der Waals surface area contributed by atoms with Gasteiger partial charge in [-0.05, 0) is 36.8 Å². The highest BCUT2D eigenvalue weighted by Gasteiger charge is 2.30. The van der Waals surface area contributed by atoms with E-state index in [-0.39, 0.29) is 16.5 Å². The van der Waals surface area contributed by atoms with Crippen LogP contribution in [0.3, 0.4) is 0 Å². The van der Waals surface area contributed by atoms with Gasteiger partial charge < -0.3 is 0 Å². The fraction of sp³-hybridized carbons (Fsp3) is 0.875. The van der Waals surface area contributed by atoms with E-state index >= 15 is 0 Å². The average Bonchev–Trinajstić information content (AvgIpc) is 1.85. The molecule has 0 spiro atoms. The monoisotopic (exact) mass is 194 g/mol. The minimum Gasteiger partial charge on any atom is -0.281 e. The first-order chi connectivity index (χ1) is 5.11. The van der Waals surface area contributed by atoms with Crippen molar-refractivity contribution in [2.75, 3.05) is 0 Å². The summed E-state index contributed by atoms with van der Waals surface area (Å²) in [4.78, 5) is 10.8. The van der Waals surface area contributed by atoms with Gasteiger partial charge in [-0.2, -0.15) is 0 Å². The highest BCUT2D eigenvalue weighted by Crippen LogP contribution is 2.33. The average molecular weight is 195 g/mol. The molecule has 1 saturated carbocycles. The molecule has 64 valence electrons. The van der Waals surface area contributed by atoms with Crippen LogP contribution in [-0.2, 0) is 4.79 Å². The molecule has 3 heteroatoms. The number of hydrogen-bond acceptors (Lipinski definition) is 1. The summed E-state index contributed by atoms with van der Waals surface area (Å²) < 4.78 is 0. The zero-order valence-corrected chi connectivity index (χ0v) is 8.03. The predicted molar refractivity (Wildman–Crippen MR) is 47.0 cm³/mol. The van der Waals surface area contributed by atoms with Gasteiger partial charge in [0.05, 0.1) is 0 Å². The Kier molecular flexibility index (Phi) is 3.20. The van der Waals surface area contributed by atoms with Gasteiger partial charge in [-0.1, -0.05) is 6.92 Å². The lowest BCUT2D eigenvalue weighted by atomic mass is 9.81. The molecule has 0 unspecified atom stereocenters. The Morgan fingerprint density at radius 1 is 1.45 bits per heavy atom. The smallest absolute Gasteiger partial charge is 0.224 e. The molecule has 1 fully saturated rings. The van der Waals surface area contributed by atoms with Crippen LogP contribution in [0.25, 0.3) is 0 Å². The number of hydrogen-bond donors (Lipinski definition) is 0. The van der Waals surface area contributed by atoms with Crippen molar-refractivity contribution in [3.63, 3.8) is 0 Å². The molecule has 0 bridgehead atoms. The van der Waals surface area contributed by atoms with Gasteiger partial charge in [-0.25, -0.2) is 0 Å². The molecule has 0 aromatic heterocycles. The Labute approximate surface area is 77.1 Å². The molecular weight excluding hydrogens is 183 g/mol. The van der Waals surface area contributed by atoms with E-state index in [1.807, 2.05) is 6.92 Å². The predicted octanol–water partition coefficient (Wildman–Crippen LogP) is 2.80. The second-order valence-electron chi connectivity index (χ2n) is 3.30. The Morgan fingerprint density at radius 2 is 2.09 bits per heavy atom. The third-order valence-electron chi connectivity index (χ3n) is 2.40. The minimum absolute atomic E-state index is 0.0478. The lowest BCUT2D eigenvalue weighted by Crippen LogP contribution is -2.26. The van der Waals surface area contributed by atoms with Gasteiger partial charge in [0.25, 0.3) is 0 Å². The van der Waals surface area contributed by atoms with E-state index in [4.69, 9.17) is 23.2 Å². The number of alkyl halides is 1. The Morgan fingerprint density at radius 3 is 2.55 bits per heavy atom. The van der Waals surface area contributed by atoms with Gasteiger partial charge in [-0.3, -0.25) is 4.79 Å². The molecule has 3 atom stereocenters. The summed E-state index contributed by atoms with van der Waals surface area (Å²) in [6.45, 7) is 2.04. The summed E-state index contributed by atoms with van der Waals surface area (Å²) in [5, 5.41) is 0.0540. The third-order valence-corrected chi connectivity index (χ3v) is 3.07. The van der Waals surface area contributed by atoms with Crippen molar-refractivity contribution in [3.05, 3.63) is 0 Å². The maximum atomic E-state index is 10.8. The second kappa shape index (κ2) is 3.77. The van der Waals surface area contributed by atoms with Crippen molar-refractivity contribution in [1.82, 2.24) is 0 Å². The molecule has 0 N–H and O–H groups in total. The molecule has 1 aliphatic carbocycles. The SMILES string of the molecule is C[C@H]1C[C@H](Cl)CC[C@@H]1C(=O)Cl. The molecule has 0 aromatic carbocycles. The highest BCUT2D eigenvalue weighted by molar-refractivity contribution is 6.64. The lowest BCUT2D eigenvalue weighted by molar-refractivity contribution is -0.117. The molecule has 1 nitrogen and oxygen atoms in total. The Hall–Kier alpha value is 0.250. The Balaban J connectivity index is 2.50. The topological polar surface area (TPSA) is 17.1 Å². The molecule has 0 amide bonds. The van der Waals surface area contributed by atoms with E-state index in [1.165, 1.54) is 0 Å². The normalized spacial score (nSPS) is 38.6. The molecule has 0 aromatic rings. The van der Waals surface area contributed by atoms with Crippen LogP contribution >= 0.6 is 23.2 Å². The van der Waals surface area contributed by atoms with E-state index in [0.717, 1.165) is 19.3 Å². The van der Waals surface area contributed by atoms with Gasteiger partial charge in [0.1, 0.15) is 0 Å². The van der Waals surface area contributed by atoms with Gasteiger partial charge in [0.2, 0.25) is 5.24 Å². The van der Waals surface area contributed by atoms with E-state index in [2.05, 4.69) is 0 Å². The van der Waals surface area contributed by atoms with Crippen LogP contribution < -0.4 is 0 Å². The first-order valence-corrected chi connectivity index (χ1v) is 4.76. The van der Waals surface area contributed by atoms with Crippen molar-refractivity contribution in [3.8, 4) is 0 Å². The van der Waals surface area contributed by atoms with Gasteiger partial charge in [0, 0.05) is 11.3 Å². The largest absolute Gasteiger partial charge is 0.281 e. The first kappa shape index (κ1) is 9.34. The van der Waals surface area contributed by atoms with Crippen molar-refractivity contribution in [2.45, 2.75) is 31.6 Å². The molecule has 1 aliphatic rings. The van der Waals surface area contributed by atoms with Crippen LogP contribution in [0, 0.1) is 11.8 Å². The quantitative estimate of drug-likeness (QED) is 0.464. The summed E-state index contributed by atoms with van der Waals surface area (Å²) in [6, 6.07) is 0. The zero-order chi connectivity index (χ0) is 8.43. The Bertz CT molecular complexity index is 158. The van der Waals surface area contributed by atoms with Crippen molar-refractivity contribution >= 4 is 28.4 Å². The first-order valence-electron chi connectivity index (χ1n) is 3.94. The van der Waals surface area contributed by atoms with Crippen molar-refractivity contribution in [2.24, 2.45) is 11.8 Å². The molecule has 1 rings (SSSR count). The van der Waals surface area contributed by atoms with Crippen molar-refractivity contribution in [1.29, 1.82) is 0 Å². The summed E-state index contributed by atoms with van der Waals surface area (Å²) >= 11 is 11.3. The summed E-state index contributed by atoms with van der Waals surface area (Å²) in [5.41, 5.74) is 0. The van der Waals surface area contributed by atoms with Gasteiger partial charge in [-0.15, -0.1) is 11.6 Å². The summed E-state index contributed by atoms with van der Waals surface area (Å²) in [7, 11) is 0. The van der Waals surface area contributed by atoms with E-state index in [0.29, 0.717) is 5.92 Å². The van der Waals surface area contributed by atoms with Gasteiger partial charge >= 0.3 is 0 Å². The van der Waals surface area contributed by atoms with E-state index < -0.39 is 0 Å². The van der Waals surface area contributed by atoms with Crippen LogP contribution in [0.15, 0.2) is 0 Å². The van der Waals surface area contributed by atoms with Gasteiger partial charge in [0.15, 0.2) is 0 Å². The maximum absolute atomic E-state index is 10.8. The standard InChI is InChI=1S/C8H12Cl2O/c1-5-4-6(9)2-3-7(5)8(10)11/h5-7H,2-4H2,1H3/t5-,6+,7-/m0/s1. The molecule has 0 heterocycles. The van der Waals surface area contributed by atoms with E-state index in [9.17, 15) is 4.79 Å². The molecule has 0 radical (unpaired) electrons.